The topological polar surface area (TPSA) is 97.7 Å². The zero-order chi connectivity index (χ0) is 15.8. The second kappa shape index (κ2) is 5.57. The van der Waals surface area contributed by atoms with Crippen LogP contribution in [0, 0.1) is 5.41 Å². The average Bonchev–Trinajstić information content (AvgIpc) is 2.68. The molecule has 3 unspecified atom stereocenters. The highest BCUT2D eigenvalue weighted by atomic mass is 16.8. The fraction of sp³-hybridized carbons (Fsp3) is 0.643. The third-order valence-corrected chi connectivity index (χ3v) is 3.28. The zero-order valence-corrected chi connectivity index (χ0v) is 12.6. The lowest BCUT2D eigenvalue weighted by Gasteiger charge is -2.31. The molecular weight excluding hydrogens is 276 g/mol. The van der Waals surface area contributed by atoms with Gasteiger partial charge in [0.25, 0.3) is 0 Å². The summed E-state index contributed by atoms with van der Waals surface area (Å²) in [6.07, 6.45) is 0.107. The zero-order valence-electron chi connectivity index (χ0n) is 12.6. The van der Waals surface area contributed by atoms with E-state index in [9.17, 15) is 9.59 Å². The molecule has 1 aliphatic carbocycles. The van der Waals surface area contributed by atoms with Crippen molar-refractivity contribution in [2.24, 2.45) is 0 Å². The van der Waals surface area contributed by atoms with Crippen molar-refractivity contribution in [3.8, 4) is 0 Å². The van der Waals surface area contributed by atoms with Gasteiger partial charge < -0.3 is 24.9 Å². The number of rotatable bonds is 3. The van der Waals surface area contributed by atoms with E-state index in [0.29, 0.717) is 0 Å². The molecule has 2 N–H and O–H groups in total. The molecule has 0 saturated carbocycles. The Morgan fingerprint density at radius 2 is 2.10 bits per heavy atom. The van der Waals surface area contributed by atoms with Gasteiger partial charge in [-0.25, -0.2) is 4.79 Å². The summed E-state index contributed by atoms with van der Waals surface area (Å²) in [7, 11) is 0. The summed E-state index contributed by atoms with van der Waals surface area (Å²) in [6.45, 7) is 6.76. The molecule has 21 heavy (non-hydrogen) atoms. The van der Waals surface area contributed by atoms with Crippen LogP contribution in [0.15, 0.2) is 11.6 Å². The van der Waals surface area contributed by atoms with Crippen LogP contribution in [0.3, 0.4) is 0 Å². The molecule has 0 aromatic carbocycles. The standard InChI is InChI=1S/C14H20N2O5/c1-5-19-13(18)8-6-9(15)10(16-7(2)17)12-11(8)20-14(3,4)21-12/h6,10-12,15H,5H2,1-4H3,(H,16,17). The molecule has 1 fully saturated rings. The van der Waals surface area contributed by atoms with Gasteiger partial charge in [-0.2, -0.15) is 0 Å². The number of amides is 1. The van der Waals surface area contributed by atoms with E-state index < -0.39 is 30.0 Å². The molecule has 1 aliphatic heterocycles. The lowest BCUT2D eigenvalue weighted by molar-refractivity contribution is -0.149. The van der Waals surface area contributed by atoms with E-state index in [1.54, 1.807) is 20.8 Å². The number of carbonyl (C=O) groups is 2. The number of hydrogen-bond donors (Lipinski definition) is 2. The minimum atomic E-state index is -0.901. The maximum absolute atomic E-state index is 12.0. The Bertz CT molecular complexity index is 511. The van der Waals surface area contributed by atoms with Crippen molar-refractivity contribution in [1.82, 2.24) is 5.32 Å². The summed E-state index contributed by atoms with van der Waals surface area (Å²) in [5, 5.41) is 10.7. The number of fused-ring (bicyclic) bond motifs is 1. The summed E-state index contributed by atoms with van der Waals surface area (Å²) in [5.41, 5.74) is 0.342. The number of carbonyl (C=O) groups excluding carboxylic acids is 2. The van der Waals surface area contributed by atoms with E-state index in [1.165, 1.54) is 13.0 Å². The summed E-state index contributed by atoms with van der Waals surface area (Å²) in [6, 6.07) is -0.646. The molecule has 0 aromatic rings. The Kier molecular flexibility index (Phi) is 4.15. The van der Waals surface area contributed by atoms with Gasteiger partial charge in [-0.05, 0) is 26.8 Å². The first kappa shape index (κ1) is 15.7. The van der Waals surface area contributed by atoms with E-state index in [-0.39, 0.29) is 23.8 Å². The molecule has 0 bridgehead atoms. The smallest absolute Gasteiger partial charge is 0.336 e. The van der Waals surface area contributed by atoms with Gasteiger partial charge in [0.05, 0.1) is 23.9 Å². The monoisotopic (exact) mass is 296 g/mol. The van der Waals surface area contributed by atoms with Gasteiger partial charge in [-0.3, -0.25) is 4.79 Å². The fourth-order valence-electron chi connectivity index (χ4n) is 2.56. The molecule has 0 spiro atoms. The van der Waals surface area contributed by atoms with Crippen LogP contribution in [0.2, 0.25) is 0 Å². The van der Waals surface area contributed by atoms with Crippen LogP contribution in [0.5, 0.6) is 0 Å². The highest BCUT2D eigenvalue weighted by Crippen LogP contribution is 2.37. The van der Waals surface area contributed by atoms with Crippen molar-refractivity contribution in [2.75, 3.05) is 6.61 Å². The normalized spacial score (nSPS) is 30.4. The lowest BCUT2D eigenvalue weighted by atomic mass is 9.88. The van der Waals surface area contributed by atoms with Gasteiger partial charge in [-0.1, -0.05) is 0 Å². The van der Waals surface area contributed by atoms with Gasteiger partial charge in [0, 0.05) is 6.92 Å². The van der Waals surface area contributed by atoms with E-state index in [1.807, 2.05) is 0 Å². The van der Waals surface area contributed by atoms with Crippen molar-refractivity contribution in [2.45, 2.75) is 51.7 Å². The summed E-state index contributed by atoms with van der Waals surface area (Å²) in [4.78, 5) is 23.3. The lowest BCUT2D eigenvalue weighted by Crippen LogP contribution is -2.54. The van der Waals surface area contributed by atoms with Crippen LogP contribution in [-0.2, 0) is 23.8 Å². The molecule has 1 amide bonds. The molecule has 0 aromatic heterocycles. The summed E-state index contributed by atoms with van der Waals surface area (Å²) >= 11 is 0. The molecule has 7 nitrogen and oxygen atoms in total. The number of hydrogen-bond acceptors (Lipinski definition) is 6. The van der Waals surface area contributed by atoms with Gasteiger partial charge in [0.1, 0.15) is 12.2 Å². The molecule has 7 heteroatoms. The van der Waals surface area contributed by atoms with E-state index in [4.69, 9.17) is 19.6 Å². The summed E-state index contributed by atoms with van der Waals surface area (Å²) < 4.78 is 16.5. The highest BCUT2D eigenvalue weighted by Gasteiger charge is 2.52. The number of nitrogens with one attached hydrogen (secondary N) is 2. The van der Waals surface area contributed by atoms with Gasteiger partial charge in [0.15, 0.2) is 5.79 Å². The third kappa shape index (κ3) is 3.14. The molecule has 0 radical (unpaired) electrons. The first-order chi connectivity index (χ1) is 9.75. The average molecular weight is 296 g/mol. The van der Waals surface area contributed by atoms with Crippen LogP contribution < -0.4 is 5.32 Å². The van der Waals surface area contributed by atoms with Crippen LogP contribution >= 0.6 is 0 Å². The third-order valence-electron chi connectivity index (χ3n) is 3.28. The predicted molar refractivity (Wildman–Crippen MR) is 73.9 cm³/mol. The highest BCUT2D eigenvalue weighted by molar-refractivity contribution is 6.07. The van der Waals surface area contributed by atoms with E-state index in [2.05, 4.69) is 5.32 Å². The fourth-order valence-corrected chi connectivity index (χ4v) is 2.56. The Labute approximate surface area is 123 Å². The Morgan fingerprint density at radius 1 is 1.43 bits per heavy atom. The Morgan fingerprint density at radius 3 is 2.67 bits per heavy atom. The first-order valence-electron chi connectivity index (χ1n) is 6.85. The number of esters is 1. The quantitative estimate of drug-likeness (QED) is 0.741. The van der Waals surface area contributed by atoms with Crippen LogP contribution in [0.25, 0.3) is 0 Å². The van der Waals surface area contributed by atoms with Crippen molar-refractivity contribution >= 4 is 17.6 Å². The minimum Gasteiger partial charge on any atom is -0.463 e. The number of ether oxygens (including phenoxy) is 3. The molecule has 3 atom stereocenters. The maximum Gasteiger partial charge on any atom is 0.336 e. The van der Waals surface area contributed by atoms with Gasteiger partial charge in [0.2, 0.25) is 5.91 Å². The second-order valence-corrected chi connectivity index (χ2v) is 5.47. The predicted octanol–water partition coefficient (Wildman–Crippen LogP) is 0.534. The summed E-state index contributed by atoms with van der Waals surface area (Å²) in [5.74, 6) is -1.70. The van der Waals surface area contributed by atoms with Crippen LogP contribution in [0.4, 0.5) is 0 Å². The molecule has 1 heterocycles. The minimum absolute atomic E-state index is 0.0933. The Hall–Kier alpha value is -1.73. The molecule has 2 rings (SSSR count). The van der Waals surface area contributed by atoms with E-state index >= 15 is 0 Å². The second-order valence-electron chi connectivity index (χ2n) is 5.47. The van der Waals surface area contributed by atoms with Crippen molar-refractivity contribution < 1.29 is 23.8 Å². The maximum atomic E-state index is 12.0. The van der Waals surface area contributed by atoms with Crippen molar-refractivity contribution in [1.29, 1.82) is 5.41 Å². The van der Waals surface area contributed by atoms with E-state index in [0.717, 1.165) is 0 Å². The van der Waals surface area contributed by atoms with Crippen molar-refractivity contribution in [3.63, 3.8) is 0 Å². The first-order valence-corrected chi connectivity index (χ1v) is 6.85. The molecule has 1 saturated heterocycles. The SMILES string of the molecule is CCOC(=O)C1=CC(=N)C(NC(C)=O)C2OC(C)(C)OC12. The molecule has 2 aliphatic rings. The van der Waals surface area contributed by atoms with Gasteiger partial charge in [-0.15, -0.1) is 0 Å². The van der Waals surface area contributed by atoms with Crippen LogP contribution in [-0.4, -0.2) is 48.2 Å². The van der Waals surface area contributed by atoms with Gasteiger partial charge >= 0.3 is 5.97 Å². The largest absolute Gasteiger partial charge is 0.463 e. The van der Waals surface area contributed by atoms with Crippen LogP contribution in [0.1, 0.15) is 27.7 Å². The Balaban J connectivity index is 2.35. The molecule has 116 valence electrons. The molecular formula is C14H20N2O5. The van der Waals surface area contributed by atoms with Crippen molar-refractivity contribution in [3.05, 3.63) is 11.6 Å².